The van der Waals surface area contributed by atoms with Crippen molar-refractivity contribution >= 4 is 16.9 Å². The van der Waals surface area contributed by atoms with Crippen LogP contribution in [-0.4, -0.2) is 46.5 Å². The molecule has 3 rings (SSSR count). The molecule has 2 heterocycles. The number of fused-ring (bicyclic) bond motifs is 1. The number of hydrogen-bond acceptors (Lipinski definition) is 4. The van der Waals surface area contributed by atoms with Crippen LogP contribution in [0.5, 0.6) is 0 Å². The zero-order chi connectivity index (χ0) is 17.8. The number of carbonyl (C=O) groups is 1. The molecule has 134 valence electrons. The SMILES string of the molecule is CCCC1CNCCN1C(=O)c1ccc2nc(CC)c(CC)nc2c1. The molecule has 2 aromatic rings. The Labute approximate surface area is 149 Å². The number of amides is 1. The molecule has 0 aliphatic carbocycles. The van der Waals surface area contributed by atoms with Crippen molar-refractivity contribution in [2.45, 2.75) is 52.5 Å². The van der Waals surface area contributed by atoms with E-state index in [0.29, 0.717) is 0 Å². The maximum Gasteiger partial charge on any atom is 0.254 e. The lowest BCUT2D eigenvalue weighted by molar-refractivity contribution is 0.0624. The van der Waals surface area contributed by atoms with Gasteiger partial charge in [-0.15, -0.1) is 0 Å². The van der Waals surface area contributed by atoms with Crippen molar-refractivity contribution in [3.63, 3.8) is 0 Å². The summed E-state index contributed by atoms with van der Waals surface area (Å²) in [5.74, 6) is 0.112. The molecular weight excluding hydrogens is 312 g/mol. The average molecular weight is 340 g/mol. The van der Waals surface area contributed by atoms with Gasteiger partial charge in [0.2, 0.25) is 0 Å². The van der Waals surface area contributed by atoms with Crippen molar-refractivity contribution in [3.05, 3.63) is 35.2 Å². The highest BCUT2D eigenvalue weighted by Crippen LogP contribution is 2.19. The topological polar surface area (TPSA) is 58.1 Å². The third-order valence-electron chi connectivity index (χ3n) is 4.97. The van der Waals surface area contributed by atoms with E-state index in [-0.39, 0.29) is 11.9 Å². The van der Waals surface area contributed by atoms with Crippen molar-refractivity contribution in [1.82, 2.24) is 20.2 Å². The summed E-state index contributed by atoms with van der Waals surface area (Å²) in [4.78, 5) is 24.6. The van der Waals surface area contributed by atoms with Gasteiger partial charge in [-0.1, -0.05) is 27.2 Å². The quantitative estimate of drug-likeness (QED) is 0.909. The van der Waals surface area contributed by atoms with Crippen LogP contribution in [0.25, 0.3) is 11.0 Å². The normalized spacial score (nSPS) is 17.9. The first-order valence-corrected chi connectivity index (χ1v) is 9.49. The zero-order valence-electron chi connectivity index (χ0n) is 15.5. The van der Waals surface area contributed by atoms with Gasteiger partial charge in [-0.25, -0.2) is 9.97 Å². The first-order chi connectivity index (χ1) is 12.2. The van der Waals surface area contributed by atoms with Crippen LogP contribution in [-0.2, 0) is 12.8 Å². The molecule has 1 aliphatic heterocycles. The molecule has 25 heavy (non-hydrogen) atoms. The molecule has 1 aliphatic rings. The van der Waals surface area contributed by atoms with E-state index < -0.39 is 0 Å². The molecule has 1 unspecified atom stereocenters. The fraction of sp³-hybridized carbons (Fsp3) is 0.550. The lowest BCUT2D eigenvalue weighted by Gasteiger charge is -2.36. The van der Waals surface area contributed by atoms with Crippen molar-refractivity contribution in [2.24, 2.45) is 0 Å². The van der Waals surface area contributed by atoms with Crippen molar-refractivity contribution in [2.75, 3.05) is 19.6 Å². The monoisotopic (exact) mass is 340 g/mol. The summed E-state index contributed by atoms with van der Waals surface area (Å²) in [5.41, 5.74) is 4.50. The van der Waals surface area contributed by atoms with Gasteiger partial charge in [-0.3, -0.25) is 4.79 Å². The molecule has 1 aromatic carbocycles. The number of aromatic nitrogens is 2. The molecule has 0 spiro atoms. The summed E-state index contributed by atoms with van der Waals surface area (Å²) < 4.78 is 0. The molecule has 1 fully saturated rings. The molecular formula is C20H28N4O. The van der Waals surface area contributed by atoms with Crippen LogP contribution in [0.15, 0.2) is 18.2 Å². The van der Waals surface area contributed by atoms with Crippen molar-refractivity contribution in [3.8, 4) is 0 Å². The minimum absolute atomic E-state index is 0.112. The van der Waals surface area contributed by atoms with Crippen LogP contribution < -0.4 is 5.32 Å². The molecule has 1 atom stereocenters. The van der Waals surface area contributed by atoms with E-state index in [9.17, 15) is 4.79 Å². The number of nitrogens with zero attached hydrogens (tertiary/aromatic N) is 3. The minimum Gasteiger partial charge on any atom is -0.333 e. The number of hydrogen-bond donors (Lipinski definition) is 1. The molecule has 1 N–H and O–H groups in total. The molecule has 5 heteroatoms. The number of piperazine rings is 1. The van der Waals surface area contributed by atoms with E-state index in [1.54, 1.807) is 0 Å². The van der Waals surface area contributed by atoms with Crippen LogP contribution >= 0.6 is 0 Å². The second-order valence-electron chi connectivity index (χ2n) is 6.67. The van der Waals surface area contributed by atoms with E-state index in [1.807, 2.05) is 23.1 Å². The summed E-state index contributed by atoms with van der Waals surface area (Å²) in [6.07, 6.45) is 3.86. The lowest BCUT2D eigenvalue weighted by atomic mass is 10.1. The van der Waals surface area contributed by atoms with Crippen LogP contribution in [0.4, 0.5) is 0 Å². The van der Waals surface area contributed by atoms with Gasteiger partial charge in [-0.05, 0) is 37.5 Å². The van der Waals surface area contributed by atoms with Gasteiger partial charge in [0.05, 0.1) is 22.4 Å². The summed E-state index contributed by atoms with van der Waals surface area (Å²) in [6, 6.07) is 6.02. The third kappa shape index (κ3) is 3.66. The van der Waals surface area contributed by atoms with E-state index >= 15 is 0 Å². The Hall–Kier alpha value is -2.01. The maximum atomic E-state index is 13.1. The predicted molar refractivity (Wildman–Crippen MR) is 101 cm³/mol. The number of benzene rings is 1. The van der Waals surface area contributed by atoms with E-state index in [0.717, 1.165) is 73.3 Å². The summed E-state index contributed by atoms with van der Waals surface area (Å²) in [7, 11) is 0. The standard InChI is InChI=1S/C20H28N4O/c1-4-7-15-13-21-10-11-24(15)20(25)14-8-9-18-19(12-14)23-17(6-3)16(5-2)22-18/h8-9,12,15,21H,4-7,10-11,13H2,1-3H3. The van der Waals surface area contributed by atoms with E-state index in [2.05, 4.69) is 26.1 Å². The fourth-order valence-corrected chi connectivity index (χ4v) is 3.61. The lowest BCUT2D eigenvalue weighted by Crippen LogP contribution is -2.53. The van der Waals surface area contributed by atoms with Crippen LogP contribution in [0.1, 0.15) is 55.4 Å². The predicted octanol–water partition coefficient (Wildman–Crippen LogP) is 2.97. The third-order valence-corrected chi connectivity index (χ3v) is 4.97. The number of aryl methyl sites for hydroxylation is 2. The molecule has 1 amide bonds. The molecule has 5 nitrogen and oxygen atoms in total. The Bertz CT molecular complexity index is 757. The Morgan fingerprint density at radius 1 is 1.16 bits per heavy atom. The van der Waals surface area contributed by atoms with Gasteiger partial charge in [0.1, 0.15) is 0 Å². The highest BCUT2D eigenvalue weighted by atomic mass is 16.2. The van der Waals surface area contributed by atoms with Gasteiger partial charge in [0.15, 0.2) is 0 Å². The second kappa shape index (κ2) is 7.91. The number of rotatable bonds is 5. The smallest absolute Gasteiger partial charge is 0.254 e. The minimum atomic E-state index is 0.112. The van der Waals surface area contributed by atoms with Crippen LogP contribution in [0.2, 0.25) is 0 Å². The molecule has 0 radical (unpaired) electrons. The van der Waals surface area contributed by atoms with Crippen molar-refractivity contribution in [1.29, 1.82) is 0 Å². The van der Waals surface area contributed by atoms with Crippen molar-refractivity contribution < 1.29 is 4.79 Å². The first kappa shape index (κ1) is 17.8. The summed E-state index contributed by atoms with van der Waals surface area (Å²) in [5, 5.41) is 3.40. The second-order valence-corrected chi connectivity index (χ2v) is 6.67. The van der Waals surface area contributed by atoms with Gasteiger partial charge in [-0.2, -0.15) is 0 Å². The zero-order valence-corrected chi connectivity index (χ0v) is 15.5. The Morgan fingerprint density at radius 3 is 2.56 bits per heavy atom. The largest absolute Gasteiger partial charge is 0.333 e. The van der Waals surface area contributed by atoms with Crippen LogP contribution in [0, 0.1) is 0 Å². The number of carbonyl (C=O) groups excluding carboxylic acids is 1. The van der Waals surface area contributed by atoms with Gasteiger partial charge in [0, 0.05) is 31.2 Å². The molecule has 1 aromatic heterocycles. The Balaban J connectivity index is 1.93. The van der Waals surface area contributed by atoms with E-state index in [4.69, 9.17) is 9.97 Å². The first-order valence-electron chi connectivity index (χ1n) is 9.49. The Morgan fingerprint density at radius 2 is 1.88 bits per heavy atom. The average Bonchev–Trinajstić information content (AvgIpc) is 2.66. The molecule has 1 saturated heterocycles. The van der Waals surface area contributed by atoms with Gasteiger partial charge >= 0.3 is 0 Å². The maximum absolute atomic E-state index is 13.1. The van der Waals surface area contributed by atoms with E-state index in [1.165, 1.54) is 0 Å². The van der Waals surface area contributed by atoms with Crippen LogP contribution in [0.3, 0.4) is 0 Å². The fourth-order valence-electron chi connectivity index (χ4n) is 3.61. The summed E-state index contributed by atoms with van der Waals surface area (Å²) in [6.45, 7) is 8.87. The molecule has 0 saturated carbocycles. The highest BCUT2D eigenvalue weighted by molar-refractivity contribution is 5.97. The van der Waals surface area contributed by atoms with Gasteiger partial charge < -0.3 is 10.2 Å². The highest BCUT2D eigenvalue weighted by Gasteiger charge is 2.26. The Kier molecular flexibility index (Phi) is 5.63. The summed E-state index contributed by atoms with van der Waals surface area (Å²) >= 11 is 0. The number of nitrogens with one attached hydrogen (secondary N) is 1. The van der Waals surface area contributed by atoms with Gasteiger partial charge in [0.25, 0.3) is 5.91 Å². The molecule has 0 bridgehead atoms.